The predicted molar refractivity (Wildman–Crippen MR) is 76.3 cm³/mol. The Kier molecular flexibility index (Phi) is 4.94. The Labute approximate surface area is 123 Å². The second-order valence-electron chi connectivity index (χ2n) is 5.77. The van der Waals surface area contributed by atoms with E-state index in [9.17, 15) is 14.0 Å². The number of aliphatic carboxylic acids is 1. The summed E-state index contributed by atoms with van der Waals surface area (Å²) in [6.45, 7) is 1.88. The Morgan fingerprint density at radius 3 is 2.81 bits per heavy atom. The number of carboxylic acids is 1. The number of amides is 1. The van der Waals surface area contributed by atoms with Crippen LogP contribution in [0.3, 0.4) is 0 Å². The van der Waals surface area contributed by atoms with Crippen LogP contribution in [0.2, 0.25) is 0 Å². The van der Waals surface area contributed by atoms with Gasteiger partial charge in [-0.3, -0.25) is 9.59 Å². The number of halogens is 1. The van der Waals surface area contributed by atoms with Gasteiger partial charge in [-0.05, 0) is 42.9 Å². The molecule has 0 aliphatic heterocycles. The van der Waals surface area contributed by atoms with Crippen molar-refractivity contribution in [2.75, 3.05) is 0 Å². The molecule has 1 amide bonds. The zero-order valence-electron chi connectivity index (χ0n) is 12.0. The minimum absolute atomic E-state index is 0.0571. The first kappa shape index (κ1) is 15.5. The summed E-state index contributed by atoms with van der Waals surface area (Å²) >= 11 is 0. The van der Waals surface area contributed by atoms with E-state index in [4.69, 9.17) is 5.11 Å². The summed E-state index contributed by atoms with van der Waals surface area (Å²) in [6.07, 6.45) is 2.09. The molecule has 2 N–H and O–H groups in total. The normalized spacial score (nSPS) is 22.8. The molecule has 4 nitrogen and oxygen atoms in total. The number of hydrogen-bond acceptors (Lipinski definition) is 2. The number of carbonyl (C=O) groups excluding carboxylic acids is 1. The van der Waals surface area contributed by atoms with Crippen LogP contribution in [0.4, 0.5) is 4.39 Å². The maximum Gasteiger partial charge on any atom is 0.306 e. The van der Waals surface area contributed by atoms with Crippen molar-refractivity contribution < 1.29 is 19.1 Å². The fourth-order valence-corrected chi connectivity index (χ4v) is 2.83. The van der Waals surface area contributed by atoms with Gasteiger partial charge in [0.15, 0.2) is 0 Å². The van der Waals surface area contributed by atoms with Crippen LogP contribution in [-0.4, -0.2) is 23.0 Å². The van der Waals surface area contributed by atoms with Crippen LogP contribution in [-0.2, 0) is 9.59 Å². The quantitative estimate of drug-likeness (QED) is 0.877. The van der Waals surface area contributed by atoms with E-state index in [1.165, 1.54) is 12.1 Å². The molecule has 1 fully saturated rings. The van der Waals surface area contributed by atoms with Crippen LogP contribution >= 0.6 is 0 Å². The standard InChI is InChI=1S/C16H20FNO3/c1-10(11-3-2-4-13(17)8-11)7-15(19)18-14-6-5-12(9-14)16(20)21/h2-4,8,10,12,14H,5-7,9H2,1H3,(H,18,19)(H,20,21)/t10?,12-,14+/m1/s1. The fraction of sp³-hybridized carbons (Fsp3) is 0.500. The van der Waals surface area contributed by atoms with Crippen LogP contribution in [0.5, 0.6) is 0 Å². The topological polar surface area (TPSA) is 66.4 Å². The fourth-order valence-electron chi connectivity index (χ4n) is 2.83. The van der Waals surface area contributed by atoms with Crippen molar-refractivity contribution in [3.8, 4) is 0 Å². The molecule has 1 aliphatic carbocycles. The Morgan fingerprint density at radius 1 is 1.43 bits per heavy atom. The third-order valence-electron chi connectivity index (χ3n) is 4.06. The molecular weight excluding hydrogens is 273 g/mol. The lowest BCUT2D eigenvalue weighted by atomic mass is 9.97. The second kappa shape index (κ2) is 6.70. The Bertz CT molecular complexity index is 532. The molecule has 1 aromatic rings. The lowest BCUT2D eigenvalue weighted by Gasteiger charge is -2.16. The Hall–Kier alpha value is -1.91. The molecule has 2 rings (SSSR count). The van der Waals surface area contributed by atoms with Crippen molar-refractivity contribution in [1.29, 1.82) is 0 Å². The molecule has 0 saturated heterocycles. The van der Waals surface area contributed by atoms with E-state index in [0.29, 0.717) is 19.3 Å². The summed E-state index contributed by atoms with van der Waals surface area (Å²) in [6, 6.07) is 6.19. The average Bonchev–Trinajstić information content (AvgIpc) is 2.87. The Morgan fingerprint density at radius 2 is 2.19 bits per heavy atom. The summed E-state index contributed by atoms with van der Waals surface area (Å²) in [4.78, 5) is 22.9. The van der Waals surface area contributed by atoms with Crippen LogP contribution < -0.4 is 5.32 Å². The van der Waals surface area contributed by atoms with Gasteiger partial charge in [0.05, 0.1) is 5.92 Å². The van der Waals surface area contributed by atoms with E-state index in [1.54, 1.807) is 12.1 Å². The zero-order chi connectivity index (χ0) is 15.4. The number of rotatable bonds is 5. The molecule has 0 radical (unpaired) electrons. The second-order valence-corrected chi connectivity index (χ2v) is 5.77. The molecule has 0 spiro atoms. The van der Waals surface area contributed by atoms with Gasteiger partial charge in [-0.15, -0.1) is 0 Å². The third kappa shape index (κ3) is 4.28. The van der Waals surface area contributed by atoms with Gasteiger partial charge in [-0.2, -0.15) is 0 Å². The molecule has 0 heterocycles. The molecule has 114 valence electrons. The van der Waals surface area contributed by atoms with Crippen molar-refractivity contribution in [3.05, 3.63) is 35.6 Å². The third-order valence-corrected chi connectivity index (χ3v) is 4.06. The number of carboxylic acid groups (broad SMARTS) is 1. The highest BCUT2D eigenvalue weighted by molar-refractivity contribution is 5.77. The van der Waals surface area contributed by atoms with Crippen molar-refractivity contribution >= 4 is 11.9 Å². The smallest absolute Gasteiger partial charge is 0.306 e. The molecule has 1 unspecified atom stereocenters. The summed E-state index contributed by atoms with van der Waals surface area (Å²) in [7, 11) is 0. The highest BCUT2D eigenvalue weighted by atomic mass is 19.1. The van der Waals surface area contributed by atoms with Crippen LogP contribution in [0.25, 0.3) is 0 Å². The van der Waals surface area contributed by atoms with Gasteiger partial charge in [0.25, 0.3) is 0 Å². The van der Waals surface area contributed by atoms with Gasteiger partial charge in [0.1, 0.15) is 5.82 Å². The van der Waals surface area contributed by atoms with E-state index in [2.05, 4.69) is 5.32 Å². The predicted octanol–water partition coefficient (Wildman–Crippen LogP) is 2.69. The van der Waals surface area contributed by atoms with Crippen LogP contribution in [0.1, 0.15) is 44.1 Å². The van der Waals surface area contributed by atoms with E-state index >= 15 is 0 Å². The molecule has 5 heteroatoms. The maximum atomic E-state index is 13.2. The van der Waals surface area contributed by atoms with Crippen molar-refractivity contribution in [2.24, 2.45) is 5.92 Å². The molecule has 3 atom stereocenters. The maximum absolute atomic E-state index is 13.2. The van der Waals surface area contributed by atoms with Gasteiger partial charge in [-0.25, -0.2) is 4.39 Å². The Balaban J connectivity index is 1.83. The van der Waals surface area contributed by atoms with Gasteiger partial charge in [0.2, 0.25) is 5.91 Å². The molecule has 1 saturated carbocycles. The molecule has 1 aliphatic rings. The van der Waals surface area contributed by atoms with Gasteiger partial charge >= 0.3 is 5.97 Å². The first-order valence-corrected chi connectivity index (χ1v) is 7.23. The van der Waals surface area contributed by atoms with Crippen LogP contribution in [0.15, 0.2) is 24.3 Å². The number of hydrogen-bond donors (Lipinski definition) is 2. The number of benzene rings is 1. The molecule has 21 heavy (non-hydrogen) atoms. The average molecular weight is 293 g/mol. The lowest BCUT2D eigenvalue weighted by molar-refractivity contribution is -0.141. The zero-order valence-corrected chi connectivity index (χ0v) is 12.0. The highest BCUT2D eigenvalue weighted by Gasteiger charge is 2.30. The van der Waals surface area contributed by atoms with Crippen molar-refractivity contribution in [3.63, 3.8) is 0 Å². The lowest BCUT2D eigenvalue weighted by Crippen LogP contribution is -2.33. The first-order chi connectivity index (χ1) is 9.95. The summed E-state index contributed by atoms with van der Waals surface area (Å²) in [5.41, 5.74) is 0.792. The van der Waals surface area contributed by atoms with E-state index in [1.807, 2.05) is 6.92 Å². The number of nitrogens with one attached hydrogen (secondary N) is 1. The number of carbonyl (C=O) groups is 2. The monoisotopic (exact) mass is 293 g/mol. The van der Waals surface area contributed by atoms with Gasteiger partial charge < -0.3 is 10.4 Å². The minimum atomic E-state index is -0.792. The summed E-state index contributed by atoms with van der Waals surface area (Å²) < 4.78 is 13.2. The van der Waals surface area contributed by atoms with E-state index in [-0.39, 0.29) is 36.0 Å². The SMILES string of the molecule is CC(CC(=O)N[C@H]1CC[C@@H](C(=O)O)C1)c1cccc(F)c1. The molecule has 0 bridgehead atoms. The highest BCUT2D eigenvalue weighted by Crippen LogP contribution is 2.26. The van der Waals surface area contributed by atoms with Crippen molar-refractivity contribution in [2.45, 2.75) is 44.6 Å². The molecule has 0 aromatic heterocycles. The van der Waals surface area contributed by atoms with Gasteiger partial charge in [-0.1, -0.05) is 19.1 Å². The molecular formula is C16H20FNO3. The van der Waals surface area contributed by atoms with E-state index < -0.39 is 5.97 Å². The summed E-state index contributed by atoms with van der Waals surface area (Å²) in [5.74, 6) is -1.63. The largest absolute Gasteiger partial charge is 0.481 e. The van der Waals surface area contributed by atoms with Crippen molar-refractivity contribution in [1.82, 2.24) is 5.32 Å². The first-order valence-electron chi connectivity index (χ1n) is 7.23. The van der Waals surface area contributed by atoms with E-state index in [0.717, 1.165) is 5.56 Å². The minimum Gasteiger partial charge on any atom is -0.481 e. The van der Waals surface area contributed by atoms with Gasteiger partial charge in [0, 0.05) is 12.5 Å². The molecule has 1 aromatic carbocycles. The van der Waals surface area contributed by atoms with Crippen LogP contribution in [0, 0.1) is 11.7 Å². The summed E-state index contributed by atoms with van der Waals surface area (Å²) in [5, 5.41) is 11.8.